The Kier molecular flexibility index (Phi) is 11.7. The summed E-state index contributed by atoms with van der Waals surface area (Å²) in [6.45, 7) is 4.18. The lowest BCUT2D eigenvalue weighted by atomic mass is 10.0. The second kappa shape index (κ2) is 15.9. The van der Waals surface area contributed by atoms with Crippen LogP contribution in [0.4, 0.5) is 5.69 Å². The highest BCUT2D eigenvalue weighted by molar-refractivity contribution is 7.92. The minimum absolute atomic E-state index is 0.0893. The number of sulfonamides is 1. The van der Waals surface area contributed by atoms with Gasteiger partial charge in [-0.05, 0) is 47.7 Å². The molecule has 0 radical (unpaired) electrons. The summed E-state index contributed by atoms with van der Waals surface area (Å²) < 4.78 is 29.5. The number of hydrogen-bond acceptors (Lipinski definition) is 4. The number of hydrogen-bond donors (Lipinski definition) is 1. The molecule has 0 heterocycles. The van der Waals surface area contributed by atoms with E-state index in [0.717, 1.165) is 29.5 Å². The van der Waals surface area contributed by atoms with Crippen LogP contribution in [0.25, 0.3) is 0 Å². The van der Waals surface area contributed by atoms with Crippen molar-refractivity contribution in [3.63, 3.8) is 0 Å². The van der Waals surface area contributed by atoms with E-state index < -0.39 is 28.5 Å². The van der Waals surface area contributed by atoms with Gasteiger partial charge in [-0.25, -0.2) is 8.42 Å². The van der Waals surface area contributed by atoms with Gasteiger partial charge in [0.15, 0.2) is 0 Å². The smallest absolute Gasteiger partial charge is 0.264 e. The zero-order chi connectivity index (χ0) is 31.4. The first-order valence-corrected chi connectivity index (χ1v) is 16.6. The Balaban J connectivity index is 1.79. The molecule has 0 unspecified atom stereocenters. The predicted octanol–water partition coefficient (Wildman–Crippen LogP) is 6.00. The molecule has 0 aliphatic carbocycles. The molecular weight excluding hydrogens is 570 g/mol. The van der Waals surface area contributed by atoms with Gasteiger partial charge in [0.25, 0.3) is 10.0 Å². The van der Waals surface area contributed by atoms with Crippen molar-refractivity contribution < 1.29 is 18.0 Å². The van der Waals surface area contributed by atoms with Crippen molar-refractivity contribution in [1.82, 2.24) is 10.2 Å². The Bertz CT molecular complexity index is 1600. The third-order valence-corrected chi connectivity index (χ3v) is 9.32. The van der Waals surface area contributed by atoms with E-state index in [4.69, 9.17) is 0 Å². The highest BCUT2D eigenvalue weighted by Crippen LogP contribution is 2.28. The summed E-state index contributed by atoms with van der Waals surface area (Å²) in [5, 5.41) is 3.02. The minimum Gasteiger partial charge on any atom is -0.354 e. The first kappa shape index (κ1) is 32.5. The van der Waals surface area contributed by atoms with Crippen LogP contribution in [0, 0.1) is 0 Å². The molecule has 7 nitrogen and oxygen atoms in total. The maximum atomic E-state index is 14.5. The summed E-state index contributed by atoms with van der Waals surface area (Å²) in [7, 11) is -4.13. The van der Waals surface area contributed by atoms with Gasteiger partial charge in [-0.3, -0.25) is 13.9 Å². The summed E-state index contributed by atoms with van der Waals surface area (Å²) in [6.07, 6.45) is 2.59. The van der Waals surface area contributed by atoms with Crippen molar-refractivity contribution in [2.75, 3.05) is 17.4 Å². The molecule has 0 aliphatic rings. The van der Waals surface area contributed by atoms with E-state index in [1.165, 1.54) is 21.3 Å². The molecule has 0 saturated carbocycles. The summed E-state index contributed by atoms with van der Waals surface area (Å²) in [6, 6.07) is 33.6. The van der Waals surface area contributed by atoms with Gasteiger partial charge in [0.1, 0.15) is 12.6 Å². The third-order valence-electron chi connectivity index (χ3n) is 7.55. The molecule has 4 aromatic rings. The molecule has 0 saturated heterocycles. The predicted molar refractivity (Wildman–Crippen MR) is 176 cm³/mol. The highest BCUT2D eigenvalue weighted by Gasteiger charge is 2.35. The second-order valence-electron chi connectivity index (χ2n) is 10.7. The first-order valence-electron chi connectivity index (χ1n) is 15.2. The van der Waals surface area contributed by atoms with Gasteiger partial charge in [-0.15, -0.1) is 0 Å². The molecule has 0 fully saturated rings. The van der Waals surface area contributed by atoms with E-state index >= 15 is 0 Å². The average molecular weight is 612 g/mol. The second-order valence-corrected chi connectivity index (χ2v) is 12.5. The lowest BCUT2D eigenvalue weighted by molar-refractivity contribution is -0.140. The van der Waals surface area contributed by atoms with Crippen LogP contribution in [0.1, 0.15) is 43.4 Å². The lowest BCUT2D eigenvalue weighted by Crippen LogP contribution is -2.53. The topological polar surface area (TPSA) is 86.8 Å². The maximum absolute atomic E-state index is 14.5. The van der Waals surface area contributed by atoms with Crippen LogP contribution in [-0.4, -0.2) is 44.3 Å². The van der Waals surface area contributed by atoms with E-state index in [9.17, 15) is 18.0 Å². The Morgan fingerprint density at radius 2 is 1.32 bits per heavy atom. The highest BCUT2D eigenvalue weighted by atomic mass is 32.2. The SMILES string of the molecule is CCCCNC(=O)[C@H](Cc1ccccc1)N(Cc1ccccc1)C(=O)CN(c1ccccc1CC)S(=O)(=O)c1ccccc1. The number of carbonyl (C=O) groups excluding carboxylic acids is 2. The van der Waals surface area contributed by atoms with Gasteiger partial charge in [-0.1, -0.05) is 117 Å². The standard InChI is InChI=1S/C36H41N3O4S/c1-3-5-25-37-36(41)34(26-29-17-9-6-10-18-29)38(27-30-19-11-7-12-20-30)35(40)28-39(33-24-16-15-21-31(33)4-2)44(42,43)32-22-13-8-14-23-32/h6-24,34H,3-5,25-28H2,1-2H3,(H,37,41)/t34-/m0/s1. The number of para-hydroxylation sites is 1. The zero-order valence-corrected chi connectivity index (χ0v) is 26.2. The number of anilines is 1. The molecule has 4 aromatic carbocycles. The van der Waals surface area contributed by atoms with E-state index in [-0.39, 0.29) is 23.8 Å². The van der Waals surface area contributed by atoms with Gasteiger partial charge >= 0.3 is 0 Å². The monoisotopic (exact) mass is 611 g/mol. The third kappa shape index (κ3) is 8.35. The molecule has 0 bridgehead atoms. The molecule has 0 spiro atoms. The fourth-order valence-corrected chi connectivity index (χ4v) is 6.60. The molecular formula is C36H41N3O4S. The lowest BCUT2D eigenvalue weighted by Gasteiger charge is -2.34. The van der Waals surface area contributed by atoms with Crippen molar-refractivity contribution in [1.29, 1.82) is 0 Å². The number of rotatable bonds is 15. The Morgan fingerprint density at radius 3 is 1.93 bits per heavy atom. The number of benzene rings is 4. The summed E-state index contributed by atoms with van der Waals surface area (Å²) in [5.41, 5.74) is 2.98. The number of amides is 2. The van der Waals surface area contributed by atoms with Gasteiger partial charge in [-0.2, -0.15) is 0 Å². The van der Waals surface area contributed by atoms with Crippen LogP contribution < -0.4 is 9.62 Å². The molecule has 44 heavy (non-hydrogen) atoms. The molecule has 2 amide bonds. The van der Waals surface area contributed by atoms with Gasteiger partial charge in [0.05, 0.1) is 10.6 Å². The van der Waals surface area contributed by atoms with Crippen LogP contribution in [0.2, 0.25) is 0 Å². The van der Waals surface area contributed by atoms with Crippen LogP contribution in [0.3, 0.4) is 0 Å². The van der Waals surface area contributed by atoms with Crippen LogP contribution in [-0.2, 0) is 39.0 Å². The Hall–Kier alpha value is -4.43. The largest absolute Gasteiger partial charge is 0.354 e. The number of nitrogens with zero attached hydrogens (tertiary/aromatic N) is 2. The normalized spacial score (nSPS) is 11.9. The van der Waals surface area contributed by atoms with Crippen molar-refractivity contribution in [2.24, 2.45) is 0 Å². The average Bonchev–Trinajstić information content (AvgIpc) is 3.06. The van der Waals surface area contributed by atoms with Crippen molar-refractivity contribution in [2.45, 2.75) is 57.0 Å². The maximum Gasteiger partial charge on any atom is 0.264 e. The molecule has 230 valence electrons. The number of unbranched alkanes of at least 4 members (excludes halogenated alkanes) is 1. The molecule has 0 aromatic heterocycles. The van der Waals surface area contributed by atoms with Gasteiger partial charge in [0.2, 0.25) is 11.8 Å². The van der Waals surface area contributed by atoms with Crippen molar-refractivity contribution in [3.8, 4) is 0 Å². The van der Waals surface area contributed by atoms with Crippen LogP contribution in [0.5, 0.6) is 0 Å². The molecule has 0 aliphatic heterocycles. The van der Waals surface area contributed by atoms with Crippen LogP contribution >= 0.6 is 0 Å². The number of nitrogens with one attached hydrogen (secondary N) is 1. The van der Waals surface area contributed by atoms with E-state index in [0.29, 0.717) is 18.7 Å². The zero-order valence-electron chi connectivity index (χ0n) is 25.4. The quantitative estimate of drug-likeness (QED) is 0.167. The number of aryl methyl sites for hydroxylation is 1. The van der Waals surface area contributed by atoms with Gasteiger partial charge < -0.3 is 10.2 Å². The Morgan fingerprint density at radius 1 is 0.750 bits per heavy atom. The van der Waals surface area contributed by atoms with E-state index in [1.807, 2.05) is 79.7 Å². The molecule has 8 heteroatoms. The number of carbonyl (C=O) groups is 2. The van der Waals surface area contributed by atoms with Crippen molar-refractivity contribution >= 4 is 27.5 Å². The summed E-state index contributed by atoms with van der Waals surface area (Å²) in [5.74, 6) is -0.733. The minimum atomic E-state index is -4.13. The molecule has 4 rings (SSSR count). The van der Waals surface area contributed by atoms with Crippen LogP contribution in [0.15, 0.2) is 120 Å². The van der Waals surface area contributed by atoms with Gasteiger partial charge in [0, 0.05) is 19.5 Å². The summed E-state index contributed by atoms with van der Waals surface area (Å²) in [4.78, 5) is 29.9. The Labute approximate surface area is 261 Å². The molecule has 1 atom stereocenters. The van der Waals surface area contributed by atoms with Crippen molar-refractivity contribution in [3.05, 3.63) is 132 Å². The van der Waals surface area contributed by atoms with E-state index in [2.05, 4.69) is 12.2 Å². The summed E-state index contributed by atoms with van der Waals surface area (Å²) >= 11 is 0. The fraction of sp³-hybridized carbons (Fsp3) is 0.278. The first-order chi connectivity index (χ1) is 21.3. The van der Waals surface area contributed by atoms with E-state index in [1.54, 1.807) is 30.3 Å². The molecule has 1 N–H and O–H groups in total. The fourth-order valence-electron chi connectivity index (χ4n) is 5.13.